The van der Waals surface area contributed by atoms with E-state index in [4.69, 9.17) is 4.42 Å². The molecule has 0 fully saturated rings. The smallest absolute Gasteiger partial charge is 0.208 e. The summed E-state index contributed by atoms with van der Waals surface area (Å²) in [6.07, 6.45) is 6.20. The quantitative estimate of drug-likeness (QED) is 0.914. The highest BCUT2D eigenvalue weighted by atomic mass is 16.4. The highest BCUT2D eigenvalue weighted by Crippen LogP contribution is 2.21. The topological polar surface area (TPSA) is 38.1 Å². The van der Waals surface area contributed by atoms with Crippen LogP contribution in [0.2, 0.25) is 0 Å². The fourth-order valence-corrected chi connectivity index (χ4v) is 2.70. The summed E-state index contributed by atoms with van der Waals surface area (Å²) >= 11 is 0. The number of oxazole rings is 1. The van der Waals surface area contributed by atoms with Gasteiger partial charge in [-0.3, -0.25) is 0 Å². The van der Waals surface area contributed by atoms with E-state index in [0.717, 1.165) is 31.0 Å². The van der Waals surface area contributed by atoms with Crippen molar-refractivity contribution in [2.24, 2.45) is 0 Å². The van der Waals surface area contributed by atoms with Crippen molar-refractivity contribution in [2.75, 3.05) is 0 Å². The molecule has 1 atom stereocenters. The van der Waals surface area contributed by atoms with Gasteiger partial charge in [0.05, 0.1) is 12.7 Å². The molecule has 0 amide bonds. The Morgan fingerprint density at radius 2 is 2.16 bits per heavy atom. The molecule has 1 aliphatic carbocycles. The number of hydrogen-bond donors (Lipinski definition) is 1. The molecule has 2 aromatic rings. The Balaban J connectivity index is 1.57. The van der Waals surface area contributed by atoms with Crippen molar-refractivity contribution in [3.63, 3.8) is 0 Å². The van der Waals surface area contributed by atoms with Gasteiger partial charge in [0.15, 0.2) is 0 Å². The first-order valence-corrected chi connectivity index (χ1v) is 7.09. The molecule has 0 radical (unpaired) electrons. The number of fused-ring (bicyclic) bond motifs is 1. The van der Waals surface area contributed by atoms with Crippen molar-refractivity contribution in [2.45, 2.75) is 45.2 Å². The summed E-state index contributed by atoms with van der Waals surface area (Å²) in [6, 6.07) is 9.28. The van der Waals surface area contributed by atoms with E-state index in [-0.39, 0.29) is 0 Å². The highest BCUT2D eigenvalue weighted by Gasteiger charge is 2.18. The fraction of sp³-hybridized carbons (Fsp3) is 0.438. The van der Waals surface area contributed by atoms with Crippen LogP contribution in [-0.4, -0.2) is 11.0 Å². The van der Waals surface area contributed by atoms with E-state index in [1.165, 1.54) is 24.0 Å². The SMILES string of the molecule is CCc1cnc(CNC2CCc3ccccc3C2)o1. The summed E-state index contributed by atoms with van der Waals surface area (Å²) in [5.74, 6) is 1.77. The zero-order valence-electron chi connectivity index (χ0n) is 11.4. The summed E-state index contributed by atoms with van der Waals surface area (Å²) in [7, 11) is 0. The number of aryl methyl sites for hydroxylation is 2. The van der Waals surface area contributed by atoms with Crippen LogP contribution >= 0.6 is 0 Å². The number of benzene rings is 1. The third kappa shape index (κ3) is 2.87. The van der Waals surface area contributed by atoms with E-state index in [2.05, 4.69) is 41.5 Å². The predicted molar refractivity (Wildman–Crippen MR) is 75.0 cm³/mol. The molecular weight excluding hydrogens is 236 g/mol. The largest absolute Gasteiger partial charge is 0.444 e. The Morgan fingerprint density at radius 1 is 1.32 bits per heavy atom. The molecule has 1 aromatic carbocycles. The maximum Gasteiger partial charge on any atom is 0.208 e. The van der Waals surface area contributed by atoms with Gasteiger partial charge in [-0.2, -0.15) is 0 Å². The van der Waals surface area contributed by atoms with Gasteiger partial charge in [0.2, 0.25) is 5.89 Å². The molecule has 0 spiro atoms. The summed E-state index contributed by atoms with van der Waals surface area (Å²) in [5, 5.41) is 3.56. The number of hydrogen-bond acceptors (Lipinski definition) is 3. The van der Waals surface area contributed by atoms with Crippen LogP contribution in [0.4, 0.5) is 0 Å². The van der Waals surface area contributed by atoms with E-state index in [9.17, 15) is 0 Å². The molecule has 3 nitrogen and oxygen atoms in total. The second kappa shape index (κ2) is 5.57. The zero-order chi connectivity index (χ0) is 13.1. The minimum atomic E-state index is 0.534. The van der Waals surface area contributed by atoms with E-state index < -0.39 is 0 Å². The van der Waals surface area contributed by atoms with Gasteiger partial charge in [-0.05, 0) is 30.4 Å². The van der Waals surface area contributed by atoms with E-state index in [0.29, 0.717) is 6.04 Å². The van der Waals surface area contributed by atoms with Crippen LogP contribution in [0.5, 0.6) is 0 Å². The molecule has 1 unspecified atom stereocenters. The molecular formula is C16H20N2O. The molecule has 1 N–H and O–H groups in total. The van der Waals surface area contributed by atoms with E-state index in [1.54, 1.807) is 0 Å². The van der Waals surface area contributed by atoms with Crippen LogP contribution in [0.1, 0.15) is 36.1 Å². The number of nitrogens with zero attached hydrogens (tertiary/aromatic N) is 1. The second-order valence-corrected chi connectivity index (χ2v) is 5.16. The van der Waals surface area contributed by atoms with Gasteiger partial charge in [0.1, 0.15) is 5.76 Å². The van der Waals surface area contributed by atoms with E-state index in [1.807, 2.05) is 6.20 Å². The van der Waals surface area contributed by atoms with Crippen molar-refractivity contribution in [3.05, 3.63) is 53.2 Å². The summed E-state index contributed by atoms with van der Waals surface area (Å²) in [6.45, 7) is 2.81. The number of nitrogens with one attached hydrogen (secondary N) is 1. The lowest BCUT2D eigenvalue weighted by Crippen LogP contribution is -2.34. The Morgan fingerprint density at radius 3 is 2.95 bits per heavy atom. The van der Waals surface area contributed by atoms with Crippen LogP contribution in [0, 0.1) is 0 Å². The van der Waals surface area contributed by atoms with Crippen molar-refractivity contribution >= 4 is 0 Å². The number of aromatic nitrogens is 1. The van der Waals surface area contributed by atoms with Gasteiger partial charge >= 0.3 is 0 Å². The average Bonchev–Trinajstić information content (AvgIpc) is 2.93. The molecule has 0 saturated heterocycles. The van der Waals surface area contributed by atoms with Crippen LogP contribution in [0.3, 0.4) is 0 Å². The van der Waals surface area contributed by atoms with Crippen LogP contribution < -0.4 is 5.32 Å². The van der Waals surface area contributed by atoms with Crippen molar-refractivity contribution in [3.8, 4) is 0 Å². The van der Waals surface area contributed by atoms with E-state index >= 15 is 0 Å². The minimum absolute atomic E-state index is 0.534. The molecule has 100 valence electrons. The van der Waals surface area contributed by atoms with Crippen LogP contribution in [0.25, 0.3) is 0 Å². The molecule has 3 rings (SSSR count). The lowest BCUT2D eigenvalue weighted by molar-refractivity contribution is 0.395. The van der Waals surface area contributed by atoms with Crippen molar-refractivity contribution < 1.29 is 4.42 Å². The van der Waals surface area contributed by atoms with Crippen LogP contribution in [-0.2, 0) is 25.8 Å². The summed E-state index contributed by atoms with van der Waals surface area (Å²) in [4.78, 5) is 4.29. The normalized spacial score (nSPS) is 18.3. The van der Waals surface area contributed by atoms with Crippen molar-refractivity contribution in [1.29, 1.82) is 0 Å². The Labute approximate surface area is 114 Å². The fourth-order valence-electron chi connectivity index (χ4n) is 2.70. The van der Waals surface area contributed by atoms with Gasteiger partial charge in [0, 0.05) is 12.5 Å². The lowest BCUT2D eigenvalue weighted by Gasteiger charge is -2.25. The average molecular weight is 256 g/mol. The molecule has 0 bridgehead atoms. The van der Waals surface area contributed by atoms with Gasteiger partial charge in [-0.1, -0.05) is 31.2 Å². The number of rotatable bonds is 4. The Kier molecular flexibility index (Phi) is 3.65. The van der Waals surface area contributed by atoms with Crippen LogP contribution in [0.15, 0.2) is 34.9 Å². The summed E-state index contributed by atoms with van der Waals surface area (Å²) in [5.41, 5.74) is 2.98. The molecule has 1 aromatic heterocycles. The molecule has 19 heavy (non-hydrogen) atoms. The van der Waals surface area contributed by atoms with Gasteiger partial charge in [0.25, 0.3) is 0 Å². The predicted octanol–water partition coefficient (Wildman–Crippen LogP) is 2.88. The first-order valence-electron chi connectivity index (χ1n) is 7.09. The van der Waals surface area contributed by atoms with Gasteiger partial charge in [-0.15, -0.1) is 0 Å². The monoisotopic (exact) mass is 256 g/mol. The molecule has 0 saturated carbocycles. The first-order chi connectivity index (χ1) is 9.35. The Hall–Kier alpha value is -1.61. The van der Waals surface area contributed by atoms with Gasteiger partial charge < -0.3 is 9.73 Å². The molecule has 0 aliphatic heterocycles. The van der Waals surface area contributed by atoms with Gasteiger partial charge in [-0.25, -0.2) is 4.98 Å². The zero-order valence-corrected chi connectivity index (χ0v) is 11.4. The third-order valence-electron chi connectivity index (χ3n) is 3.84. The molecule has 3 heteroatoms. The highest BCUT2D eigenvalue weighted by molar-refractivity contribution is 5.30. The maximum atomic E-state index is 5.62. The molecule has 1 heterocycles. The minimum Gasteiger partial charge on any atom is -0.444 e. The van der Waals surface area contributed by atoms with Crippen molar-refractivity contribution in [1.82, 2.24) is 10.3 Å². The first kappa shape index (κ1) is 12.4. The molecule has 1 aliphatic rings. The second-order valence-electron chi connectivity index (χ2n) is 5.16. The summed E-state index contributed by atoms with van der Waals surface area (Å²) < 4.78 is 5.62. The third-order valence-corrected chi connectivity index (χ3v) is 3.84. The lowest BCUT2D eigenvalue weighted by atomic mass is 9.88. The standard InChI is InChI=1S/C16H20N2O/c1-2-15-10-18-16(19-15)11-17-14-8-7-12-5-3-4-6-13(12)9-14/h3-6,10,14,17H,2,7-9,11H2,1H3. The maximum absolute atomic E-state index is 5.62. The Bertz CT molecular complexity index is 547.